The van der Waals surface area contributed by atoms with Gasteiger partial charge >= 0.3 is 0 Å². The summed E-state index contributed by atoms with van der Waals surface area (Å²) in [4.78, 5) is 2.52. The lowest BCUT2D eigenvalue weighted by atomic mass is 10.1. The third-order valence-corrected chi connectivity index (χ3v) is 2.89. The van der Waals surface area contributed by atoms with E-state index in [4.69, 9.17) is 0 Å². The van der Waals surface area contributed by atoms with Crippen LogP contribution in [0.15, 0.2) is 30.3 Å². The van der Waals surface area contributed by atoms with E-state index in [-0.39, 0.29) is 0 Å². The fourth-order valence-electron chi connectivity index (χ4n) is 1.91. The smallest absolute Gasteiger partial charge is 0.00384 e. The molecule has 1 aromatic carbocycles. The minimum Gasteiger partial charge on any atom is -0.301 e. The average molecular weight is 205 g/mol. The molecule has 0 fully saturated rings. The summed E-state index contributed by atoms with van der Waals surface area (Å²) >= 11 is 0. The number of hydrogen-bond donors (Lipinski definition) is 0. The van der Waals surface area contributed by atoms with Crippen LogP contribution in [-0.2, 0) is 6.42 Å². The number of nitrogens with zero attached hydrogens (tertiary/aromatic N) is 1. The van der Waals surface area contributed by atoms with Gasteiger partial charge in [-0.05, 0) is 45.3 Å². The zero-order chi connectivity index (χ0) is 11.1. The lowest BCUT2D eigenvalue weighted by molar-refractivity contribution is 0.231. The van der Waals surface area contributed by atoms with Crippen molar-refractivity contribution >= 4 is 0 Å². The predicted octanol–water partition coefficient (Wildman–Crippen LogP) is 3.35. The van der Waals surface area contributed by atoms with Gasteiger partial charge < -0.3 is 4.90 Å². The first-order valence-corrected chi connectivity index (χ1v) is 6.02. The topological polar surface area (TPSA) is 3.24 Å². The van der Waals surface area contributed by atoms with E-state index in [0.717, 1.165) is 6.54 Å². The Bertz CT molecular complexity index is 253. The van der Waals surface area contributed by atoms with E-state index in [1.165, 1.54) is 24.9 Å². The van der Waals surface area contributed by atoms with Gasteiger partial charge in [0.05, 0.1) is 0 Å². The molecule has 15 heavy (non-hydrogen) atoms. The normalized spacial score (nSPS) is 11.3. The second-order valence-corrected chi connectivity index (χ2v) is 4.31. The van der Waals surface area contributed by atoms with E-state index >= 15 is 0 Å². The van der Waals surface area contributed by atoms with E-state index in [0.29, 0.717) is 6.04 Å². The Balaban J connectivity index is 2.27. The highest BCUT2D eigenvalue weighted by molar-refractivity contribution is 5.14. The summed E-state index contributed by atoms with van der Waals surface area (Å²) in [5.74, 6) is 0. The van der Waals surface area contributed by atoms with Gasteiger partial charge in [-0.1, -0.05) is 37.3 Å². The summed E-state index contributed by atoms with van der Waals surface area (Å²) in [6.07, 6.45) is 2.46. The largest absolute Gasteiger partial charge is 0.301 e. The molecule has 0 spiro atoms. The third-order valence-electron chi connectivity index (χ3n) is 2.89. The Hall–Kier alpha value is -0.820. The number of rotatable bonds is 6. The van der Waals surface area contributed by atoms with Crippen LogP contribution in [-0.4, -0.2) is 24.0 Å². The lowest BCUT2D eigenvalue weighted by Gasteiger charge is -2.24. The summed E-state index contributed by atoms with van der Waals surface area (Å²) in [7, 11) is 0. The molecule has 0 aromatic heterocycles. The van der Waals surface area contributed by atoms with Gasteiger partial charge in [-0.3, -0.25) is 0 Å². The highest BCUT2D eigenvalue weighted by Crippen LogP contribution is 2.05. The molecule has 0 N–H and O–H groups in total. The van der Waals surface area contributed by atoms with Crippen LogP contribution in [0.1, 0.15) is 32.8 Å². The first-order valence-electron chi connectivity index (χ1n) is 6.02. The van der Waals surface area contributed by atoms with E-state index < -0.39 is 0 Å². The second kappa shape index (κ2) is 6.62. The Labute approximate surface area is 94.1 Å². The van der Waals surface area contributed by atoms with Crippen molar-refractivity contribution in [3.63, 3.8) is 0 Å². The molecule has 0 heterocycles. The molecule has 1 rings (SSSR count). The molecule has 0 aliphatic rings. The van der Waals surface area contributed by atoms with Crippen molar-refractivity contribution in [2.75, 3.05) is 13.1 Å². The quantitative estimate of drug-likeness (QED) is 0.688. The van der Waals surface area contributed by atoms with Crippen molar-refractivity contribution in [2.24, 2.45) is 0 Å². The molecule has 0 atom stereocenters. The van der Waals surface area contributed by atoms with Crippen molar-refractivity contribution in [2.45, 2.75) is 39.7 Å². The summed E-state index contributed by atoms with van der Waals surface area (Å²) in [5.41, 5.74) is 1.46. The zero-order valence-corrected chi connectivity index (χ0v) is 10.2. The highest BCUT2D eigenvalue weighted by atomic mass is 15.1. The summed E-state index contributed by atoms with van der Waals surface area (Å²) in [5, 5.41) is 0. The van der Waals surface area contributed by atoms with Crippen LogP contribution < -0.4 is 0 Å². The van der Waals surface area contributed by atoms with Gasteiger partial charge in [-0.15, -0.1) is 0 Å². The first-order chi connectivity index (χ1) is 7.24. The number of benzene rings is 1. The lowest BCUT2D eigenvalue weighted by Crippen LogP contribution is -2.31. The van der Waals surface area contributed by atoms with E-state index in [1.807, 2.05) is 0 Å². The van der Waals surface area contributed by atoms with Crippen LogP contribution >= 0.6 is 0 Å². The van der Waals surface area contributed by atoms with Crippen LogP contribution in [0.3, 0.4) is 0 Å². The molecule has 1 heteroatoms. The minimum absolute atomic E-state index is 0.672. The maximum absolute atomic E-state index is 2.52. The van der Waals surface area contributed by atoms with Crippen molar-refractivity contribution in [3.8, 4) is 0 Å². The van der Waals surface area contributed by atoms with E-state index in [1.54, 1.807) is 0 Å². The van der Waals surface area contributed by atoms with Crippen molar-refractivity contribution < 1.29 is 0 Å². The molecular formula is C14H23N. The van der Waals surface area contributed by atoms with E-state index in [9.17, 15) is 0 Å². The van der Waals surface area contributed by atoms with Gasteiger partial charge in [0.2, 0.25) is 0 Å². The van der Waals surface area contributed by atoms with Crippen LogP contribution in [0.25, 0.3) is 0 Å². The van der Waals surface area contributed by atoms with Gasteiger partial charge in [0, 0.05) is 6.04 Å². The van der Waals surface area contributed by atoms with Crippen LogP contribution in [0.2, 0.25) is 0 Å². The molecule has 0 saturated carbocycles. The molecule has 1 nitrogen and oxygen atoms in total. The molecular weight excluding hydrogens is 182 g/mol. The molecule has 0 radical (unpaired) electrons. The molecule has 0 amide bonds. The SMILES string of the molecule is CCN(CCCc1ccccc1)C(C)C. The zero-order valence-electron chi connectivity index (χ0n) is 10.2. The molecule has 84 valence electrons. The van der Waals surface area contributed by atoms with Gasteiger partial charge in [0.15, 0.2) is 0 Å². The molecule has 0 aliphatic carbocycles. The maximum Gasteiger partial charge on any atom is 0.00384 e. The van der Waals surface area contributed by atoms with E-state index in [2.05, 4.69) is 56.0 Å². The first kappa shape index (κ1) is 12.3. The molecule has 0 unspecified atom stereocenters. The Morgan fingerprint density at radius 3 is 2.33 bits per heavy atom. The highest BCUT2D eigenvalue weighted by Gasteiger charge is 2.05. The predicted molar refractivity (Wildman–Crippen MR) is 67.1 cm³/mol. The van der Waals surface area contributed by atoms with Crippen LogP contribution in [0.4, 0.5) is 0 Å². The number of aryl methyl sites for hydroxylation is 1. The van der Waals surface area contributed by atoms with Crippen LogP contribution in [0.5, 0.6) is 0 Å². The second-order valence-electron chi connectivity index (χ2n) is 4.31. The van der Waals surface area contributed by atoms with Crippen molar-refractivity contribution in [3.05, 3.63) is 35.9 Å². The molecule has 1 aromatic rings. The summed E-state index contributed by atoms with van der Waals surface area (Å²) in [6, 6.07) is 11.4. The monoisotopic (exact) mass is 205 g/mol. The van der Waals surface area contributed by atoms with Gasteiger partial charge in [-0.25, -0.2) is 0 Å². The molecule has 0 bridgehead atoms. The Morgan fingerprint density at radius 2 is 1.80 bits per heavy atom. The van der Waals surface area contributed by atoms with Gasteiger partial charge in [0.1, 0.15) is 0 Å². The maximum atomic E-state index is 2.52. The van der Waals surface area contributed by atoms with Gasteiger partial charge in [-0.2, -0.15) is 0 Å². The molecule has 0 aliphatic heterocycles. The third kappa shape index (κ3) is 4.48. The van der Waals surface area contributed by atoms with Crippen molar-refractivity contribution in [1.82, 2.24) is 4.90 Å². The average Bonchev–Trinajstić information content (AvgIpc) is 2.25. The van der Waals surface area contributed by atoms with Crippen LogP contribution in [0, 0.1) is 0 Å². The fourth-order valence-corrected chi connectivity index (χ4v) is 1.91. The van der Waals surface area contributed by atoms with Crippen molar-refractivity contribution in [1.29, 1.82) is 0 Å². The minimum atomic E-state index is 0.672. The standard InChI is InChI=1S/C14H23N/c1-4-15(13(2)3)12-8-11-14-9-6-5-7-10-14/h5-7,9-10,13H,4,8,11-12H2,1-3H3. The molecule has 0 saturated heterocycles. The summed E-state index contributed by atoms with van der Waals surface area (Å²) < 4.78 is 0. The van der Waals surface area contributed by atoms with Gasteiger partial charge in [0.25, 0.3) is 0 Å². The Morgan fingerprint density at radius 1 is 1.13 bits per heavy atom. The Kier molecular flexibility index (Phi) is 5.41. The number of hydrogen-bond acceptors (Lipinski definition) is 1. The fraction of sp³-hybridized carbons (Fsp3) is 0.571. The summed E-state index contributed by atoms with van der Waals surface area (Å²) in [6.45, 7) is 9.15.